The summed E-state index contributed by atoms with van der Waals surface area (Å²) in [7, 11) is 0. The Morgan fingerprint density at radius 3 is 2.29 bits per heavy atom. The number of hydrogen-bond acceptors (Lipinski definition) is 3. The Hall–Kier alpha value is -1.27. The summed E-state index contributed by atoms with van der Waals surface area (Å²) in [6.45, 7) is 6.75. The monoisotopic (exact) mass is 309 g/mol. The normalized spacial score (nSPS) is 21.9. The molecular formula is C14H22F3NO3. The lowest BCUT2D eigenvalue weighted by molar-refractivity contribution is -0.219. The first-order valence-electron chi connectivity index (χ1n) is 6.99. The fourth-order valence-electron chi connectivity index (χ4n) is 2.17. The van der Waals surface area contributed by atoms with Gasteiger partial charge in [0.05, 0.1) is 5.92 Å². The van der Waals surface area contributed by atoms with Crippen molar-refractivity contribution in [3.05, 3.63) is 0 Å². The third-order valence-electron chi connectivity index (χ3n) is 3.44. The lowest BCUT2D eigenvalue weighted by Crippen LogP contribution is -2.47. The van der Waals surface area contributed by atoms with E-state index in [0.29, 0.717) is 19.4 Å². The smallest absolute Gasteiger partial charge is 0.425 e. The van der Waals surface area contributed by atoms with Crippen LogP contribution in [0, 0.1) is 11.3 Å². The minimum absolute atomic E-state index is 0.108. The van der Waals surface area contributed by atoms with Crippen molar-refractivity contribution in [3.63, 3.8) is 0 Å². The molecule has 0 bridgehead atoms. The van der Waals surface area contributed by atoms with Crippen LogP contribution in [0.2, 0.25) is 0 Å². The molecular weight excluding hydrogens is 287 g/mol. The number of likely N-dealkylation sites (tertiary alicyclic amines) is 1. The zero-order valence-corrected chi connectivity index (χ0v) is 12.8. The molecule has 1 amide bonds. The van der Waals surface area contributed by atoms with E-state index in [9.17, 15) is 22.8 Å². The molecule has 1 fully saturated rings. The molecule has 122 valence electrons. The van der Waals surface area contributed by atoms with Gasteiger partial charge in [-0.3, -0.25) is 9.59 Å². The Morgan fingerprint density at radius 2 is 1.81 bits per heavy atom. The number of halogens is 3. The third kappa shape index (κ3) is 4.89. The Balaban J connectivity index is 2.64. The molecule has 0 N–H and O–H groups in total. The fourth-order valence-corrected chi connectivity index (χ4v) is 2.17. The van der Waals surface area contributed by atoms with Crippen LogP contribution in [0.4, 0.5) is 13.2 Å². The van der Waals surface area contributed by atoms with Crippen molar-refractivity contribution in [2.75, 3.05) is 13.1 Å². The van der Waals surface area contributed by atoms with Gasteiger partial charge in [0, 0.05) is 18.5 Å². The lowest BCUT2D eigenvalue weighted by atomic mass is 9.91. The van der Waals surface area contributed by atoms with Gasteiger partial charge in [0.2, 0.25) is 5.91 Å². The summed E-state index contributed by atoms with van der Waals surface area (Å²) in [5, 5.41) is 0. The fraction of sp³-hybridized carbons (Fsp3) is 0.857. The zero-order valence-electron chi connectivity index (χ0n) is 12.8. The van der Waals surface area contributed by atoms with E-state index in [2.05, 4.69) is 4.74 Å². The highest BCUT2D eigenvalue weighted by molar-refractivity contribution is 5.82. The number of nitrogens with zero attached hydrogens (tertiary/aromatic N) is 1. The van der Waals surface area contributed by atoms with Crippen molar-refractivity contribution in [2.45, 2.75) is 52.8 Å². The Morgan fingerprint density at radius 1 is 1.24 bits per heavy atom. The summed E-state index contributed by atoms with van der Waals surface area (Å²) in [5.41, 5.74) is -0.578. The van der Waals surface area contributed by atoms with Gasteiger partial charge in [0.25, 0.3) is 0 Å². The molecule has 0 spiro atoms. The molecule has 0 aromatic rings. The van der Waals surface area contributed by atoms with Crippen LogP contribution in [0.5, 0.6) is 0 Å². The van der Waals surface area contributed by atoms with Gasteiger partial charge in [0.1, 0.15) is 0 Å². The average molecular weight is 309 g/mol. The lowest BCUT2D eigenvalue weighted by Gasteiger charge is -2.35. The van der Waals surface area contributed by atoms with Crippen molar-refractivity contribution in [1.82, 2.24) is 4.90 Å². The first kappa shape index (κ1) is 17.8. The molecule has 2 atom stereocenters. The van der Waals surface area contributed by atoms with Gasteiger partial charge in [-0.25, -0.2) is 0 Å². The maximum absolute atomic E-state index is 12.4. The SMILES string of the molecule is C[C@H](OC(=O)[C@H]1CCCN(C(=O)C(C)(C)C)C1)C(F)(F)F. The van der Waals surface area contributed by atoms with Crippen LogP contribution in [-0.4, -0.2) is 42.1 Å². The van der Waals surface area contributed by atoms with E-state index < -0.39 is 29.6 Å². The van der Waals surface area contributed by atoms with Crippen LogP contribution < -0.4 is 0 Å². The number of amides is 1. The zero-order chi connectivity index (χ0) is 16.4. The predicted octanol–water partition coefficient (Wildman–Crippen LogP) is 2.77. The molecule has 1 aliphatic heterocycles. The van der Waals surface area contributed by atoms with E-state index in [-0.39, 0.29) is 12.5 Å². The standard InChI is InChI=1S/C14H22F3NO3/c1-9(14(15,16)17)21-11(19)10-6-5-7-18(8-10)12(20)13(2,3)4/h9-10H,5-8H2,1-4H3/t9-,10-/m0/s1. The van der Waals surface area contributed by atoms with Gasteiger partial charge in [-0.2, -0.15) is 13.2 Å². The Kier molecular flexibility index (Phi) is 5.28. The number of carbonyl (C=O) groups is 2. The van der Waals surface area contributed by atoms with Gasteiger partial charge in [-0.05, 0) is 19.8 Å². The summed E-state index contributed by atoms with van der Waals surface area (Å²) in [6.07, 6.45) is -5.66. The maximum Gasteiger partial charge on any atom is 0.425 e. The number of rotatable bonds is 2. The van der Waals surface area contributed by atoms with Crippen LogP contribution >= 0.6 is 0 Å². The van der Waals surface area contributed by atoms with E-state index in [1.54, 1.807) is 20.8 Å². The first-order chi connectivity index (χ1) is 9.43. The largest absolute Gasteiger partial charge is 0.453 e. The number of hydrogen-bond donors (Lipinski definition) is 0. The Bertz CT molecular complexity index is 401. The van der Waals surface area contributed by atoms with Gasteiger partial charge in [-0.1, -0.05) is 20.8 Å². The van der Waals surface area contributed by atoms with Gasteiger partial charge in [-0.15, -0.1) is 0 Å². The molecule has 0 aromatic heterocycles. The number of ether oxygens (including phenoxy) is 1. The molecule has 1 rings (SSSR count). The quantitative estimate of drug-likeness (QED) is 0.737. The van der Waals surface area contributed by atoms with E-state index in [0.717, 1.165) is 6.92 Å². The Labute approximate surface area is 122 Å². The summed E-state index contributed by atoms with van der Waals surface area (Å²) in [4.78, 5) is 25.5. The highest BCUT2D eigenvalue weighted by Crippen LogP contribution is 2.27. The van der Waals surface area contributed by atoms with Crippen LogP contribution in [-0.2, 0) is 14.3 Å². The van der Waals surface area contributed by atoms with Crippen molar-refractivity contribution in [3.8, 4) is 0 Å². The molecule has 1 aliphatic rings. The van der Waals surface area contributed by atoms with Gasteiger partial charge < -0.3 is 9.64 Å². The van der Waals surface area contributed by atoms with Crippen LogP contribution in [0.15, 0.2) is 0 Å². The first-order valence-corrected chi connectivity index (χ1v) is 6.99. The molecule has 0 unspecified atom stereocenters. The average Bonchev–Trinajstić information content (AvgIpc) is 2.35. The minimum Gasteiger partial charge on any atom is -0.453 e. The molecule has 4 nitrogen and oxygen atoms in total. The topological polar surface area (TPSA) is 46.6 Å². The van der Waals surface area contributed by atoms with Gasteiger partial charge in [0.15, 0.2) is 6.10 Å². The maximum atomic E-state index is 12.4. The van der Waals surface area contributed by atoms with E-state index in [1.807, 2.05) is 0 Å². The van der Waals surface area contributed by atoms with Crippen molar-refractivity contribution in [2.24, 2.45) is 11.3 Å². The molecule has 21 heavy (non-hydrogen) atoms. The molecule has 1 saturated heterocycles. The van der Waals surface area contributed by atoms with Gasteiger partial charge >= 0.3 is 12.1 Å². The predicted molar refractivity (Wildman–Crippen MR) is 70.4 cm³/mol. The summed E-state index contributed by atoms with van der Waals surface area (Å²) in [5.74, 6) is -1.68. The van der Waals surface area contributed by atoms with Crippen LogP contribution in [0.3, 0.4) is 0 Å². The van der Waals surface area contributed by atoms with Crippen LogP contribution in [0.25, 0.3) is 0 Å². The van der Waals surface area contributed by atoms with Crippen molar-refractivity contribution < 1.29 is 27.5 Å². The van der Waals surface area contributed by atoms with Crippen molar-refractivity contribution in [1.29, 1.82) is 0 Å². The number of alkyl halides is 3. The second-order valence-electron chi connectivity index (χ2n) is 6.46. The summed E-state index contributed by atoms with van der Waals surface area (Å²) in [6, 6.07) is 0. The molecule has 1 heterocycles. The number of piperidine rings is 1. The number of esters is 1. The highest BCUT2D eigenvalue weighted by Gasteiger charge is 2.41. The minimum atomic E-state index is -4.56. The van der Waals surface area contributed by atoms with Crippen LogP contribution in [0.1, 0.15) is 40.5 Å². The summed E-state index contributed by atoms with van der Waals surface area (Å²) < 4.78 is 41.7. The summed E-state index contributed by atoms with van der Waals surface area (Å²) >= 11 is 0. The molecule has 0 radical (unpaired) electrons. The number of carbonyl (C=O) groups excluding carboxylic acids is 2. The van der Waals surface area contributed by atoms with E-state index >= 15 is 0 Å². The molecule has 0 aliphatic carbocycles. The second-order valence-corrected chi connectivity index (χ2v) is 6.46. The van der Waals surface area contributed by atoms with E-state index in [4.69, 9.17) is 0 Å². The van der Waals surface area contributed by atoms with Crippen molar-refractivity contribution >= 4 is 11.9 Å². The molecule has 0 saturated carbocycles. The molecule has 0 aromatic carbocycles. The second kappa shape index (κ2) is 6.23. The third-order valence-corrected chi connectivity index (χ3v) is 3.44. The van der Waals surface area contributed by atoms with E-state index in [1.165, 1.54) is 4.90 Å². The highest BCUT2D eigenvalue weighted by atomic mass is 19.4. The molecule has 7 heteroatoms.